The van der Waals surface area contributed by atoms with Crippen LogP contribution in [-0.4, -0.2) is 0 Å². The molecule has 0 amide bonds. The van der Waals surface area contributed by atoms with Gasteiger partial charge in [-0.15, -0.1) is 0 Å². The minimum absolute atomic E-state index is 1.26. The minimum atomic E-state index is 1.26. The van der Waals surface area contributed by atoms with Crippen molar-refractivity contribution in [3.8, 4) is 0 Å². The Bertz CT molecular complexity index is 228. The van der Waals surface area contributed by atoms with Crippen molar-refractivity contribution in [2.45, 2.75) is 11.8 Å². The quantitative estimate of drug-likeness (QED) is 0.583. The summed E-state index contributed by atoms with van der Waals surface area (Å²) < 4.78 is 0. The molecule has 0 saturated heterocycles. The SMILES string of the molecule is C=CSc1cccc(C)c1. The maximum absolute atomic E-state index is 3.65. The molecule has 1 aromatic carbocycles. The van der Waals surface area contributed by atoms with Crippen LogP contribution in [0, 0.1) is 6.92 Å². The van der Waals surface area contributed by atoms with Gasteiger partial charge in [-0.25, -0.2) is 0 Å². The summed E-state index contributed by atoms with van der Waals surface area (Å²) in [5, 5.41) is 1.84. The molecule has 0 atom stereocenters. The highest BCUT2D eigenvalue weighted by Crippen LogP contribution is 2.18. The summed E-state index contributed by atoms with van der Waals surface area (Å²) in [5.74, 6) is 0. The van der Waals surface area contributed by atoms with E-state index in [-0.39, 0.29) is 0 Å². The zero-order valence-electron chi connectivity index (χ0n) is 6.00. The van der Waals surface area contributed by atoms with Crippen LogP contribution in [0.15, 0.2) is 41.1 Å². The maximum atomic E-state index is 3.65. The summed E-state index contributed by atoms with van der Waals surface area (Å²) in [7, 11) is 0. The largest absolute Gasteiger partial charge is 0.0987 e. The highest BCUT2D eigenvalue weighted by molar-refractivity contribution is 8.02. The van der Waals surface area contributed by atoms with Crippen molar-refractivity contribution >= 4 is 11.8 Å². The first-order valence-corrected chi connectivity index (χ1v) is 4.05. The van der Waals surface area contributed by atoms with Gasteiger partial charge in [0.2, 0.25) is 0 Å². The van der Waals surface area contributed by atoms with Crippen LogP contribution in [0.3, 0.4) is 0 Å². The van der Waals surface area contributed by atoms with Crippen molar-refractivity contribution < 1.29 is 0 Å². The summed E-state index contributed by atoms with van der Waals surface area (Å²) in [5.41, 5.74) is 1.30. The Morgan fingerprint density at radius 1 is 1.50 bits per heavy atom. The zero-order valence-corrected chi connectivity index (χ0v) is 6.82. The van der Waals surface area contributed by atoms with Crippen LogP contribution in [0.1, 0.15) is 5.56 Å². The maximum Gasteiger partial charge on any atom is 0.0118 e. The van der Waals surface area contributed by atoms with Crippen molar-refractivity contribution in [3.05, 3.63) is 41.8 Å². The van der Waals surface area contributed by atoms with Gasteiger partial charge in [-0.05, 0) is 24.5 Å². The van der Waals surface area contributed by atoms with Gasteiger partial charge in [0.05, 0.1) is 0 Å². The van der Waals surface area contributed by atoms with E-state index < -0.39 is 0 Å². The van der Waals surface area contributed by atoms with Crippen LogP contribution in [0.25, 0.3) is 0 Å². The molecule has 0 heterocycles. The van der Waals surface area contributed by atoms with Crippen LogP contribution < -0.4 is 0 Å². The molecule has 0 unspecified atom stereocenters. The molecule has 10 heavy (non-hydrogen) atoms. The van der Waals surface area contributed by atoms with E-state index in [4.69, 9.17) is 0 Å². The van der Waals surface area contributed by atoms with Crippen molar-refractivity contribution in [2.75, 3.05) is 0 Å². The fourth-order valence-electron chi connectivity index (χ4n) is 0.785. The standard InChI is InChI=1S/C9H10S/c1-3-10-9-6-4-5-8(2)7-9/h3-7H,1H2,2H3. The lowest BCUT2D eigenvalue weighted by molar-refractivity contribution is 1.37. The molecule has 0 radical (unpaired) electrons. The topological polar surface area (TPSA) is 0 Å². The van der Waals surface area contributed by atoms with E-state index in [1.54, 1.807) is 11.8 Å². The van der Waals surface area contributed by atoms with Gasteiger partial charge < -0.3 is 0 Å². The van der Waals surface area contributed by atoms with Gasteiger partial charge in [0.1, 0.15) is 0 Å². The highest BCUT2D eigenvalue weighted by atomic mass is 32.2. The molecule has 0 nitrogen and oxygen atoms in total. The monoisotopic (exact) mass is 150 g/mol. The number of benzene rings is 1. The van der Waals surface area contributed by atoms with Crippen LogP contribution in [-0.2, 0) is 0 Å². The molecule has 1 heteroatoms. The minimum Gasteiger partial charge on any atom is -0.0987 e. The van der Waals surface area contributed by atoms with E-state index in [9.17, 15) is 0 Å². The first-order chi connectivity index (χ1) is 4.83. The zero-order chi connectivity index (χ0) is 7.40. The van der Waals surface area contributed by atoms with Crippen LogP contribution in [0.2, 0.25) is 0 Å². The molecule has 0 aliphatic carbocycles. The molecule has 0 aliphatic rings. The molecule has 0 fully saturated rings. The van der Waals surface area contributed by atoms with Crippen LogP contribution in [0.4, 0.5) is 0 Å². The van der Waals surface area contributed by atoms with Gasteiger partial charge >= 0.3 is 0 Å². The number of rotatable bonds is 2. The van der Waals surface area contributed by atoms with E-state index in [1.165, 1.54) is 10.5 Å². The van der Waals surface area contributed by atoms with E-state index in [0.29, 0.717) is 0 Å². The van der Waals surface area contributed by atoms with Gasteiger partial charge in [0.25, 0.3) is 0 Å². The molecular weight excluding hydrogens is 140 g/mol. The third kappa shape index (κ3) is 1.92. The van der Waals surface area contributed by atoms with Gasteiger partial charge in [0, 0.05) is 4.90 Å². The Kier molecular flexibility index (Phi) is 2.57. The number of hydrogen-bond acceptors (Lipinski definition) is 1. The smallest absolute Gasteiger partial charge is 0.0118 e. The van der Waals surface area contributed by atoms with Gasteiger partial charge in [-0.2, -0.15) is 0 Å². The second-order valence-electron chi connectivity index (χ2n) is 2.10. The average Bonchev–Trinajstić information content (AvgIpc) is 1.88. The van der Waals surface area contributed by atoms with Crippen LogP contribution >= 0.6 is 11.8 Å². The van der Waals surface area contributed by atoms with Gasteiger partial charge in [0.15, 0.2) is 0 Å². The Balaban J connectivity index is 2.84. The first-order valence-electron chi connectivity index (χ1n) is 3.17. The summed E-state index contributed by atoms with van der Waals surface area (Å²) in [6.07, 6.45) is 0. The van der Waals surface area contributed by atoms with Crippen LogP contribution in [0.5, 0.6) is 0 Å². The Hall–Kier alpha value is -0.690. The molecule has 1 rings (SSSR count). The Morgan fingerprint density at radius 2 is 2.30 bits per heavy atom. The van der Waals surface area contributed by atoms with Gasteiger partial charge in [-0.3, -0.25) is 0 Å². The third-order valence-corrected chi connectivity index (χ3v) is 1.90. The molecule has 0 aliphatic heterocycles. The molecule has 0 bridgehead atoms. The highest BCUT2D eigenvalue weighted by Gasteiger charge is 1.87. The summed E-state index contributed by atoms with van der Waals surface area (Å²) >= 11 is 1.65. The van der Waals surface area contributed by atoms with E-state index in [1.807, 2.05) is 5.41 Å². The van der Waals surface area contributed by atoms with Crippen molar-refractivity contribution in [1.29, 1.82) is 0 Å². The summed E-state index contributed by atoms with van der Waals surface area (Å²) in [6.45, 7) is 5.74. The fourth-order valence-corrected chi connectivity index (χ4v) is 1.39. The molecular formula is C9H10S. The molecule has 0 saturated carbocycles. The molecule has 52 valence electrons. The third-order valence-electron chi connectivity index (χ3n) is 1.21. The van der Waals surface area contributed by atoms with Crippen molar-refractivity contribution in [3.63, 3.8) is 0 Å². The predicted octanol–water partition coefficient (Wildman–Crippen LogP) is 3.23. The number of hydrogen-bond donors (Lipinski definition) is 0. The normalized spacial score (nSPS) is 9.30. The van der Waals surface area contributed by atoms with Crippen molar-refractivity contribution in [1.82, 2.24) is 0 Å². The number of thioether (sulfide) groups is 1. The fraction of sp³-hybridized carbons (Fsp3) is 0.111. The van der Waals surface area contributed by atoms with E-state index in [2.05, 4.69) is 37.8 Å². The Labute approximate surface area is 66.0 Å². The summed E-state index contributed by atoms with van der Waals surface area (Å²) in [6, 6.07) is 8.38. The summed E-state index contributed by atoms with van der Waals surface area (Å²) in [4.78, 5) is 1.26. The lowest BCUT2D eigenvalue weighted by Gasteiger charge is -1.95. The lowest BCUT2D eigenvalue weighted by atomic mass is 10.2. The van der Waals surface area contributed by atoms with Crippen molar-refractivity contribution in [2.24, 2.45) is 0 Å². The lowest BCUT2D eigenvalue weighted by Crippen LogP contribution is -1.70. The average molecular weight is 150 g/mol. The van der Waals surface area contributed by atoms with Gasteiger partial charge in [-0.1, -0.05) is 36.0 Å². The second kappa shape index (κ2) is 3.47. The number of aryl methyl sites for hydroxylation is 1. The molecule has 0 aromatic heterocycles. The second-order valence-corrected chi connectivity index (χ2v) is 3.14. The molecule has 1 aromatic rings. The van der Waals surface area contributed by atoms with E-state index >= 15 is 0 Å². The van der Waals surface area contributed by atoms with E-state index in [0.717, 1.165) is 0 Å². The molecule has 0 N–H and O–H groups in total. The molecule has 0 spiro atoms. The predicted molar refractivity (Wildman–Crippen MR) is 47.2 cm³/mol. The Morgan fingerprint density at radius 3 is 2.90 bits per heavy atom. The first kappa shape index (κ1) is 7.42.